The molecule has 0 spiro atoms. The van der Waals surface area contributed by atoms with Crippen LogP contribution in [0.1, 0.15) is 33.6 Å². The first kappa shape index (κ1) is 18.5. The molecule has 0 fully saturated rings. The van der Waals surface area contributed by atoms with Crippen LogP contribution in [-0.2, 0) is 4.79 Å². The number of hydrogen-bond donors (Lipinski definition) is 2. The lowest BCUT2D eigenvalue weighted by Crippen LogP contribution is -2.37. The van der Waals surface area contributed by atoms with Gasteiger partial charge < -0.3 is 24.8 Å². The lowest BCUT2D eigenvalue weighted by atomic mass is 10.2. The molecule has 1 aliphatic heterocycles. The average molecular weight is 336 g/mol. The monoisotopic (exact) mass is 336 g/mol. The number of fused-ring (bicyclic) bond motifs is 1. The summed E-state index contributed by atoms with van der Waals surface area (Å²) in [5.74, 6) is 1.39. The van der Waals surface area contributed by atoms with Gasteiger partial charge >= 0.3 is 0 Å². The number of carbonyl (C=O) groups excluding carboxylic acids is 1. The first-order chi connectivity index (χ1) is 11.5. The Morgan fingerprint density at radius 1 is 1.46 bits per heavy atom. The van der Waals surface area contributed by atoms with Crippen molar-refractivity contribution in [1.29, 1.82) is 0 Å². The number of hydrogen-bond acceptors (Lipinski definition) is 5. The number of benzene rings is 1. The first-order valence-electron chi connectivity index (χ1n) is 8.62. The number of rotatable bonds is 8. The van der Waals surface area contributed by atoms with Crippen molar-refractivity contribution in [1.82, 2.24) is 5.32 Å². The Balaban J connectivity index is 1.97. The maximum absolute atomic E-state index is 12.2. The fourth-order valence-electron chi connectivity index (χ4n) is 2.52. The fourth-order valence-corrected chi connectivity index (χ4v) is 2.52. The lowest BCUT2D eigenvalue weighted by Gasteiger charge is -2.30. The van der Waals surface area contributed by atoms with E-state index in [9.17, 15) is 9.90 Å². The van der Waals surface area contributed by atoms with Gasteiger partial charge in [0.1, 0.15) is 30.8 Å². The Kier molecular flexibility index (Phi) is 6.87. The Labute approximate surface area is 143 Å². The summed E-state index contributed by atoms with van der Waals surface area (Å²) in [5, 5.41) is 13.1. The molecular formula is C18H28N2O4. The van der Waals surface area contributed by atoms with Gasteiger partial charge in [-0.05, 0) is 18.6 Å². The van der Waals surface area contributed by atoms with Gasteiger partial charge in [-0.3, -0.25) is 4.79 Å². The predicted molar refractivity (Wildman–Crippen MR) is 93.8 cm³/mol. The quantitative estimate of drug-likeness (QED) is 0.759. The van der Waals surface area contributed by atoms with Crippen molar-refractivity contribution >= 4 is 11.6 Å². The van der Waals surface area contributed by atoms with E-state index in [2.05, 4.69) is 5.32 Å². The lowest BCUT2D eigenvalue weighted by molar-refractivity contribution is -0.118. The van der Waals surface area contributed by atoms with Gasteiger partial charge in [-0.15, -0.1) is 0 Å². The van der Waals surface area contributed by atoms with E-state index in [0.717, 1.165) is 12.1 Å². The number of aliphatic hydroxyl groups is 1. The number of anilines is 1. The van der Waals surface area contributed by atoms with E-state index in [1.165, 1.54) is 0 Å². The standard InChI is InChI=1S/C18H28N2O4/c1-4-5-18(22)20-8-9-23-17-10-15(6-7-16(17)20)24-12-14(21)11-19-13(2)3/h6-7,10,13-14,19,21H,4-5,8-9,11-12H2,1-3H3. The second-order valence-corrected chi connectivity index (χ2v) is 6.30. The second kappa shape index (κ2) is 8.89. The van der Waals surface area contributed by atoms with E-state index in [-0.39, 0.29) is 12.5 Å². The van der Waals surface area contributed by atoms with Gasteiger partial charge in [0.25, 0.3) is 0 Å². The van der Waals surface area contributed by atoms with Crippen LogP contribution in [-0.4, -0.2) is 49.5 Å². The van der Waals surface area contributed by atoms with Gasteiger partial charge in [0.15, 0.2) is 0 Å². The minimum absolute atomic E-state index is 0.117. The molecule has 1 aromatic rings. The fraction of sp³-hybridized carbons (Fsp3) is 0.611. The Morgan fingerprint density at radius 3 is 2.96 bits per heavy atom. The maximum Gasteiger partial charge on any atom is 0.227 e. The molecule has 0 radical (unpaired) electrons. The van der Waals surface area contributed by atoms with Crippen molar-refractivity contribution in [3.63, 3.8) is 0 Å². The highest BCUT2D eigenvalue weighted by atomic mass is 16.5. The van der Waals surface area contributed by atoms with E-state index in [4.69, 9.17) is 9.47 Å². The molecule has 24 heavy (non-hydrogen) atoms. The normalized spacial score (nSPS) is 15.0. The summed E-state index contributed by atoms with van der Waals surface area (Å²) in [6.07, 6.45) is 0.786. The highest BCUT2D eigenvalue weighted by Gasteiger charge is 2.23. The zero-order valence-corrected chi connectivity index (χ0v) is 14.7. The zero-order chi connectivity index (χ0) is 17.5. The highest BCUT2D eigenvalue weighted by molar-refractivity contribution is 5.95. The minimum atomic E-state index is -0.577. The van der Waals surface area contributed by atoms with Crippen molar-refractivity contribution < 1.29 is 19.4 Å². The Bertz CT molecular complexity index is 548. The van der Waals surface area contributed by atoms with Gasteiger partial charge in [-0.2, -0.15) is 0 Å². The van der Waals surface area contributed by atoms with E-state index >= 15 is 0 Å². The van der Waals surface area contributed by atoms with Crippen LogP contribution in [0, 0.1) is 0 Å². The summed E-state index contributed by atoms with van der Waals surface area (Å²) >= 11 is 0. The number of nitrogens with zero attached hydrogens (tertiary/aromatic N) is 1. The highest BCUT2D eigenvalue weighted by Crippen LogP contribution is 2.35. The minimum Gasteiger partial charge on any atom is -0.491 e. The van der Waals surface area contributed by atoms with E-state index < -0.39 is 6.10 Å². The summed E-state index contributed by atoms with van der Waals surface area (Å²) in [6.45, 7) is 7.80. The third-order valence-corrected chi connectivity index (χ3v) is 3.76. The third-order valence-electron chi connectivity index (χ3n) is 3.76. The molecule has 0 saturated carbocycles. The molecule has 1 atom stereocenters. The first-order valence-corrected chi connectivity index (χ1v) is 8.62. The summed E-state index contributed by atoms with van der Waals surface area (Å²) in [5.41, 5.74) is 0.786. The largest absolute Gasteiger partial charge is 0.491 e. The van der Waals surface area contributed by atoms with Crippen LogP contribution in [0.25, 0.3) is 0 Å². The van der Waals surface area contributed by atoms with E-state index in [0.29, 0.717) is 43.7 Å². The maximum atomic E-state index is 12.2. The summed E-state index contributed by atoms with van der Waals surface area (Å²) in [7, 11) is 0. The number of carbonyl (C=O) groups is 1. The number of ether oxygens (including phenoxy) is 2. The predicted octanol–water partition coefficient (Wildman–Crippen LogP) is 1.95. The molecule has 1 aliphatic rings. The molecule has 134 valence electrons. The van der Waals surface area contributed by atoms with Crippen molar-refractivity contribution in [3.8, 4) is 11.5 Å². The van der Waals surface area contributed by atoms with E-state index in [1.807, 2.05) is 32.9 Å². The molecule has 1 unspecified atom stereocenters. The molecule has 2 N–H and O–H groups in total. The van der Waals surface area contributed by atoms with Crippen LogP contribution in [0.3, 0.4) is 0 Å². The molecule has 1 heterocycles. The molecular weight excluding hydrogens is 308 g/mol. The molecule has 0 saturated heterocycles. The summed E-state index contributed by atoms with van der Waals surface area (Å²) in [4.78, 5) is 14.0. The van der Waals surface area contributed by atoms with Crippen LogP contribution in [0.5, 0.6) is 11.5 Å². The molecule has 0 bridgehead atoms. The summed E-state index contributed by atoms with van der Waals surface area (Å²) in [6, 6.07) is 5.75. The van der Waals surface area contributed by atoms with Crippen molar-refractivity contribution in [3.05, 3.63) is 18.2 Å². The van der Waals surface area contributed by atoms with Gasteiger partial charge in [0, 0.05) is 25.1 Å². The average Bonchev–Trinajstić information content (AvgIpc) is 2.57. The molecule has 6 nitrogen and oxygen atoms in total. The van der Waals surface area contributed by atoms with Crippen LogP contribution in [0.4, 0.5) is 5.69 Å². The van der Waals surface area contributed by atoms with Gasteiger partial charge in [-0.25, -0.2) is 0 Å². The molecule has 6 heteroatoms. The van der Waals surface area contributed by atoms with E-state index in [1.54, 1.807) is 11.0 Å². The molecule has 1 amide bonds. The zero-order valence-electron chi connectivity index (χ0n) is 14.7. The van der Waals surface area contributed by atoms with Crippen molar-refractivity contribution in [2.75, 3.05) is 31.2 Å². The van der Waals surface area contributed by atoms with Crippen LogP contribution >= 0.6 is 0 Å². The molecule has 0 aliphatic carbocycles. The van der Waals surface area contributed by atoms with Crippen molar-refractivity contribution in [2.45, 2.75) is 45.8 Å². The molecule has 0 aromatic heterocycles. The van der Waals surface area contributed by atoms with Crippen LogP contribution < -0.4 is 19.7 Å². The van der Waals surface area contributed by atoms with Gasteiger partial charge in [0.2, 0.25) is 5.91 Å². The third kappa shape index (κ3) is 5.11. The van der Waals surface area contributed by atoms with Gasteiger partial charge in [0.05, 0.1) is 12.2 Å². The van der Waals surface area contributed by atoms with Crippen LogP contribution in [0.15, 0.2) is 18.2 Å². The van der Waals surface area contributed by atoms with Crippen molar-refractivity contribution in [2.24, 2.45) is 0 Å². The number of amides is 1. The SMILES string of the molecule is CCCC(=O)N1CCOc2cc(OCC(O)CNC(C)C)ccc21. The topological polar surface area (TPSA) is 71.0 Å². The number of nitrogens with one attached hydrogen (secondary N) is 1. The smallest absolute Gasteiger partial charge is 0.227 e. The Hall–Kier alpha value is -1.79. The number of aliphatic hydroxyl groups excluding tert-OH is 1. The Morgan fingerprint density at radius 2 is 2.25 bits per heavy atom. The van der Waals surface area contributed by atoms with Gasteiger partial charge in [-0.1, -0.05) is 20.8 Å². The second-order valence-electron chi connectivity index (χ2n) is 6.30. The molecule has 1 aromatic carbocycles. The molecule has 2 rings (SSSR count). The van der Waals surface area contributed by atoms with Crippen LogP contribution in [0.2, 0.25) is 0 Å². The summed E-state index contributed by atoms with van der Waals surface area (Å²) < 4.78 is 11.3.